The highest BCUT2D eigenvalue weighted by atomic mass is 15.4. The topological polar surface area (TPSA) is 63.0 Å². The molecule has 26 heavy (non-hydrogen) atoms. The molecule has 0 aromatic carbocycles. The monoisotopic (exact) mass is 357 g/mol. The summed E-state index contributed by atoms with van der Waals surface area (Å²) in [4.78, 5) is 13.7. The predicted octanol–water partition coefficient (Wildman–Crippen LogP) is 2.31. The van der Waals surface area contributed by atoms with Gasteiger partial charge in [-0.1, -0.05) is 18.6 Å². The lowest BCUT2D eigenvalue weighted by molar-refractivity contribution is 0.338. The lowest BCUT2D eigenvalue weighted by Gasteiger charge is -2.33. The number of hydrogen-bond acceptors (Lipinski definition) is 6. The summed E-state index contributed by atoms with van der Waals surface area (Å²) in [6, 6.07) is 0. The molecule has 0 amide bonds. The number of aryl methyl sites for hydroxylation is 2. The highest BCUT2D eigenvalue weighted by Crippen LogP contribution is 2.26. The van der Waals surface area contributed by atoms with E-state index in [1.54, 1.807) is 0 Å². The fourth-order valence-corrected chi connectivity index (χ4v) is 3.62. The fourth-order valence-electron chi connectivity index (χ4n) is 3.62. The Hall–Kier alpha value is -2.02. The first-order valence-corrected chi connectivity index (χ1v) is 9.66. The first kappa shape index (κ1) is 18.8. The second-order valence-corrected chi connectivity index (χ2v) is 7.62. The number of anilines is 1. The van der Waals surface area contributed by atoms with E-state index in [0.29, 0.717) is 5.92 Å². The van der Waals surface area contributed by atoms with Crippen LogP contribution >= 0.6 is 0 Å². The van der Waals surface area contributed by atoms with Crippen molar-refractivity contribution in [3.63, 3.8) is 0 Å². The van der Waals surface area contributed by atoms with Crippen LogP contribution < -0.4 is 4.90 Å². The fraction of sp³-hybridized carbons (Fsp3) is 0.684. The minimum Gasteiger partial charge on any atom is -0.356 e. The zero-order valence-corrected chi connectivity index (χ0v) is 16.5. The van der Waals surface area contributed by atoms with Crippen LogP contribution in [0.3, 0.4) is 0 Å². The van der Waals surface area contributed by atoms with Crippen molar-refractivity contribution in [2.45, 2.75) is 52.6 Å². The third-order valence-electron chi connectivity index (χ3n) is 4.91. The Bertz CT molecular complexity index is 702. The van der Waals surface area contributed by atoms with Gasteiger partial charge in [0.05, 0.1) is 5.69 Å². The molecule has 1 fully saturated rings. The van der Waals surface area contributed by atoms with E-state index in [1.165, 1.54) is 5.56 Å². The number of aromatic nitrogens is 5. The predicted molar refractivity (Wildman–Crippen MR) is 103 cm³/mol. The summed E-state index contributed by atoms with van der Waals surface area (Å²) in [6.45, 7) is 8.08. The molecule has 0 radical (unpaired) electrons. The Morgan fingerprint density at radius 3 is 2.69 bits per heavy atom. The van der Waals surface area contributed by atoms with Gasteiger partial charge in [-0.15, -0.1) is 5.10 Å². The normalized spacial score (nSPS) is 15.8. The molecule has 2 aromatic heterocycles. The van der Waals surface area contributed by atoms with Gasteiger partial charge in [0.25, 0.3) is 0 Å². The van der Waals surface area contributed by atoms with Gasteiger partial charge < -0.3 is 9.80 Å². The van der Waals surface area contributed by atoms with E-state index >= 15 is 0 Å². The largest absolute Gasteiger partial charge is 0.356 e. The van der Waals surface area contributed by atoms with E-state index in [1.807, 2.05) is 17.8 Å². The average Bonchev–Trinajstić information content (AvgIpc) is 3.03. The van der Waals surface area contributed by atoms with Crippen LogP contribution in [0.5, 0.6) is 0 Å². The Morgan fingerprint density at radius 1 is 1.23 bits per heavy atom. The highest BCUT2D eigenvalue weighted by Gasteiger charge is 2.23. The molecule has 1 aliphatic heterocycles. The lowest BCUT2D eigenvalue weighted by Crippen LogP contribution is -2.36. The van der Waals surface area contributed by atoms with Gasteiger partial charge in [-0.3, -0.25) is 4.68 Å². The highest BCUT2D eigenvalue weighted by molar-refractivity contribution is 5.46. The van der Waals surface area contributed by atoms with Gasteiger partial charge in [0, 0.05) is 44.1 Å². The Labute approximate surface area is 156 Å². The van der Waals surface area contributed by atoms with Gasteiger partial charge in [0.15, 0.2) is 0 Å². The number of nitrogens with zero attached hydrogens (tertiary/aromatic N) is 7. The van der Waals surface area contributed by atoms with E-state index in [2.05, 4.69) is 52.3 Å². The van der Waals surface area contributed by atoms with Crippen LogP contribution in [0, 0.1) is 12.8 Å². The average molecular weight is 358 g/mol. The summed E-state index contributed by atoms with van der Waals surface area (Å²) in [5, 5.41) is 8.57. The maximum atomic E-state index is 4.74. The first-order chi connectivity index (χ1) is 12.5. The summed E-state index contributed by atoms with van der Waals surface area (Å²) in [7, 11) is 4.10. The van der Waals surface area contributed by atoms with E-state index in [0.717, 1.165) is 69.2 Å². The van der Waals surface area contributed by atoms with Crippen molar-refractivity contribution in [2.75, 3.05) is 32.1 Å². The smallest absolute Gasteiger partial charge is 0.135 e. The van der Waals surface area contributed by atoms with Crippen LogP contribution in [0.4, 0.5) is 5.82 Å². The Morgan fingerprint density at radius 2 is 2.00 bits per heavy atom. The molecule has 0 bridgehead atoms. The maximum Gasteiger partial charge on any atom is 0.135 e. The first-order valence-electron chi connectivity index (χ1n) is 9.66. The van der Waals surface area contributed by atoms with E-state index < -0.39 is 0 Å². The van der Waals surface area contributed by atoms with Crippen LogP contribution in [-0.2, 0) is 19.5 Å². The van der Waals surface area contributed by atoms with Crippen molar-refractivity contribution in [3.05, 3.63) is 29.5 Å². The molecular weight excluding hydrogens is 326 g/mol. The van der Waals surface area contributed by atoms with Gasteiger partial charge in [-0.2, -0.15) is 0 Å². The van der Waals surface area contributed by atoms with Gasteiger partial charge in [0.1, 0.15) is 11.6 Å². The van der Waals surface area contributed by atoms with E-state index in [4.69, 9.17) is 4.98 Å². The van der Waals surface area contributed by atoms with E-state index in [9.17, 15) is 0 Å². The van der Waals surface area contributed by atoms with Crippen LogP contribution in [0.2, 0.25) is 0 Å². The molecule has 7 nitrogen and oxygen atoms in total. The van der Waals surface area contributed by atoms with Crippen molar-refractivity contribution in [2.24, 2.45) is 5.92 Å². The molecule has 1 saturated heterocycles. The minimum atomic E-state index is 0.651. The SMILES string of the molecule is CCCc1cnc(C)nc1N1CCC(Cn2cc(CN(C)C)nn2)CC1. The number of hydrogen-bond donors (Lipinski definition) is 0. The van der Waals surface area contributed by atoms with Gasteiger partial charge in [-0.05, 0) is 46.2 Å². The third kappa shape index (κ3) is 4.78. The standard InChI is InChI=1S/C19H31N7/c1-5-6-17-11-20-15(2)21-19(17)25-9-7-16(8-10-25)12-26-14-18(22-23-26)13-24(3)4/h11,14,16H,5-10,12-13H2,1-4H3. The molecule has 3 heterocycles. The summed E-state index contributed by atoms with van der Waals surface area (Å²) in [5.41, 5.74) is 2.31. The lowest BCUT2D eigenvalue weighted by atomic mass is 9.96. The summed E-state index contributed by atoms with van der Waals surface area (Å²) >= 11 is 0. The summed E-state index contributed by atoms with van der Waals surface area (Å²) in [5.74, 6) is 2.66. The van der Waals surface area contributed by atoms with Crippen molar-refractivity contribution in [3.8, 4) is 0 Å². The summed E-state index contributed by atoms with van der Waals surface area (Å²) < 4.78 is 2.01. The number of piperidine rings is 1. The van der Waals surface area contributed by atoms with Crippen molar-refractivity contribution in [1.29, 1.82) is 0 Å². The minimum absolute atomic E-state index is 0.651. The second kappa shape index (κ2) is 8.58. The van der Waals surface area contributed by atoms with Crippen LogP contribution in [0.1, 0.15) is 43.3 Å². The van der Waals surface area contributed by atoms with Crippen LogP contribution in [-0.4, -0.2) is 57.0 Å². The number of rotatable bonds is 7. The van der Waals surface area contributed by atoms with Crippen molar-refractivity contribution >= 4 is 5.82 Å². The Kier molecular flexibility index (Phi) is 6.19. The van der Waals surface area contributed by atoms with Gasteiger partial charge in [0.2, 0.25) is 0 Å². The van der Waals surface area contributed by atoms with Gasteiger partial charge >= 0.3 is 0 Å². The zero-order chi connectivity index (χ0) is 18.5. The zero-order valence-electron chi connectivity index (χ0n) is 16.5. The quantitative estimate of drug-likeness (QED) is 0.758. The van der Waals surface area contributed by atoms with Crippen LogP contribution in [0.25, 0.3) is 0 Å². The molecule has 0 spiro atoms. The third-order valence-corrected chi connectivity index (χ3v) is 4.91. The second-order valence-electron chi connectivity index (χ2n) is 7.62. The van der Waals surface area contributed by atoms with E-state index in [-0.39, 0.29) is 0 Å². The molecule has 3 rings (SSSR count). The van der Waals surface area contributed by atoms with Gasteiger partial charge in [-0.25, -0.2) is 9.97 Å². The molecule has 0 N–H and O–H groups in total. The molecule has 142 valence electrons. The summed E-state index contributed by atoms with van der Waals surface area (Å²) in [6.07, 6.45) is 8.59. The Balaban J connectivity index is 1.57. The molecule has 2 aromatic rings. The molecule has 0 saturated carbocycles. The molecule has 1 aliphatic rings. The van der Waals surface area contributed by atoms with Crippen LogP contribution in [0.15, 0.2) is 12.4 Å². The molecule has 0 unspecified atom stereocenters. The molecule has 0 atom stereocenters. The molecule has 7 heteroatoms. The molecular formula is C19H31N7. The molecule has 0 aliphatic carbocycles. The maximum absolute atomic E-state index is 4.74. The van der Waals surface area contributed by atoms with Crippen molar-refractivity contribution in [1.82, 2.24) is 29.9 Å². The van der Waals surface area contributed by atoms with Crippen molar-refractivity contribution < 1.29 is 0 Å².